The van der Waals surface area contributed by atoms with Crippen LogP contribution in [0.15, 0.2) is 47.0 Å². The Balaban J connectivity index is 0.000000406. The minimum absolute atomic E-state index is 0.0665. The third-order valence-electron chi connectivity index (χ3n) is 5.29. The van der Waals surface area contributed by atoms with E-state index < -0.39 is 12.1 Å². The van der Waals surface area contributed by atoms with Crippen LogP contribution in [0.25, 0.3) is 11.3 Å². The van der Waals surface area contributed by atoms with Crippen LogP contribution in [0.3, 0.4) is 0 Å². The van der Waals surface area contributed by atoms with Crippen molar-refractivity contribution in [2.24, 2.45) is 5.73 Å². The molecule has 1 fully saturated rings. The standard InChI is InChI=1S/C20H23N5O2.C2HF3O2/c1-14-2-7-19(27-14)15-3-5-16(6-4-15)20(26)24-10-8-18(9-11-24)25-13-17(12-21)22-23-25;3-2(4,5)1(6)7/h2-7,13,18H,8-12,21H2,1H3;(H,6,7). The Hall–Kier alpha value is -3.67. The number of halogens is 3. The summed E-state index contributed by atoms with van der Waals surface area (Å²) in [6, 6.07) is 11.7. The monoisotopic (exact) mass is 479 g/mol. The van der Waals surface area contributed by atoms with Gasteiger partial charge in [-0.15, -0.1) is 5.10 Å². The molecular formula is C22H24F3N5O4. The number of carbonyl (C=O) groups excluding carboxylic acids is 1. The maximum Gasteiger partial charge on any atom is 0.490 e. The number of carbonyl (C=O) groups is 2. The van der Waals surface area contributed by atoms with Gasteiger partial charge < -0.3 is 20.2 Å². The fourth-order valence-corrected chi connectivity index (χ4v) is 3.47. The highest BCUT2D eigenvalue weighted by Crippen LogP contribution is 2.25. The van der Waals surface area contributed by atoms with E-state index in [9.17, 15) is 18.0 Å². The summed E-state index contributed by atoms with van der Waals surface area (Å²) in [5, 5.41) is 15.3. The van der Waals surface area contributed by atoms with Gasteiger partial charge in [-0.25, -0.2) is 9.48 Å². The first-order valence-corrected chi connectivity index (χ1v) is 10.5. The number of hydrogen-bond donors (Lipinski definition) is 2. The highest BCUT2D eigenvalue weighted by molar-refractivity contribution is 5.94. The molecule has 3 aromatic rings. The first-order chi connectivity index (χ1) is 16.1. The lowest BCUT2D eigenvalue weighted by atomic mass is 10.0. The molecule has 1 amide bonds. The number of nitrogens with zero attached hydrogens (tertiary/aromatic N) is 4. The second kappa shape index (κ2) is 10.5. The van der Waals surface area contributed by atoms with Crippen LogP contribution in [0.2, 0.25) is 0 Å². The number of piperidine rings is 1. The van der Waals surface area contributed by atoms with E-state index in [4.69, 9.17) is 20.1 Å². The molecule has 3 N–H and O–H groups in total. The molecule has 9 nitrogen and oxygen atoms in total. The number of furan rings is 1. The van der Waals surface area contributed by atoms with E-state index in [0.29, 0.717) is 25.2 Å². The minimum atomic E-state index is -5.08. The van der Waals surface area contributed by atoms with E-state index in [1.807, 2.05) is 59.1 Å². The smallest absolute Gasteiger partial charge is 0.475 e. The van der Waals surface area contributed by atoms with Crippen LogP contribution >= 0.6 is 0 Å². The molecule has 182 valence electrons. The summed E-state index contributed by atoms with van der Waals surface area (Å²) < 4.78 is 39.2. The number of rotatable bonds is 4. The molecule has 0 atom stereocenters. The van der Waals surface area contributed by atoms with E-state index in [1.54, 1.807) is 0 Å². The molecule has 0 aliphatic carbocycles. The number of amides is 1. The van der Waals surface area contributed by atoms with Crippen LogP contribution in [0.1, 0.15) is 40.7 Å². The van der Waals surface area contributed by atoms with Gasteiger partial charge >= 0.3 is 12.1 Å². The van der Waals surface area contributed by atoms with Gasteiger partial charge in [-0.3, -0.25) is 4.79 Å². The zero-order valence-electron chi connectivity index (χ0n) is 18.3. The maximum absolute atomic E-state index is 12.8. The normalized spacial score (nSPS) is 14.4. The molecule has 12 heteroatoms. The SMILES string of the molecule is Cc1ccc(-c2ccc(C(=O)N3CCC(n4cc(CN)nn4)CC3)cc2)o1.O=C(O)C(F)(F)F. The molecule has 0 radical (unpaired) electrons. The molecule has 1 aliphatic rings. The summed E-state index contributed by atoms with van der Waals surface area (Å²) in [6.07, 6.45) is -1.46. The summed E-state index contributed by atoms with van der Waals surface area (Å²) in [6.45, 7) is 3.73. The molecule has 34 heavy (non-hydrogen) atoms. The van der Waals surface area contributed by atoms with Gasteiger partial charge in [0, 0.05) is 30.8 Å². The third kappa shape index (κ3) is 6.22. The Morgan fingerprint density at radius 2 is 1.76 bits per heavy atom. The first kappa shape index (κ1) is 25.0. The largest absolute Gasteiger partial charge is 0.490 e. The van der Waals surface area contributed by atoms with Gasteiger partial charge in [-0.2, -0.15) is 13.2 Å². The number of aliphatic carboxylic acids is 1. The van der Waals surface area contributed by atoms with Crippen molar-refractivity contribution in [1.29, 1.82) is 0 Å². The van der Waals surface area contributed by atoms with Gasteiger partial charge in [0.2, 0.25) is 0 Å². The Labute approximate surface area is 192 Å². The number of aromatic nitrogens is 3. The van der Waals surface area contributed by atoms with Crippen LogP contribution in [0, 0.1) is 6.92 Å². The molecule has 0 unspecified atom stereocenters. The van der Waals surface area contributed by atoms with Crippen LogP contribution in [-0.4, -0.2) is 56.1 Å². The van der Waals surface area contributed by atoms with Gasteiger partial charge in [-0.05, 0) is 44.0 Å². The zero-order valence-corrected chi connectivity index (χ0v) is 18.3. The number of nitrogens with two attached hydrogens (primary N) is 1. The first-order valence-electron chi connectivity index (χ1n) is 10.5. The van der Waals surface area contributed by atoms with E-state index in [-0.39, 0.29) is 11.9 Å². The second-order valence-electron chi connectivity index (χ2n) is 7.71. The number of hydrogen-bond acceptors (Lipinski definition) is 6. The van der Waals surface area contributed by atoms with Crippen LogP contribution in [0.5, 0.6) is 0 Å². The number of benzene rings is 1. The topological polar surface area (TPSA) is 127 Å². The molecule has 1 aromatic carbocycles. The van der Waals surface area contributed by atoms with Crippen molar-refractivity contribution >= 4 is 11.9 Å². The molecule has 2 aromatic heterocycles. The Morgan fingerprint density at radius 3 is 2.24 bits per heavy atom. The van der Waals surface area contributed by atoms with Gasteiger partial charge in [0.1, 0.15) is 11.5 Å². The van der Waals surface area contributed by atoms with Crippen molar-refractivity contribution in [1.82, 2.24) is 19.9 Å². The van der Waals surface area contributed by atoms with Crippen molar-refractivity contribution in [3.05, 3.63) is 59.6 Å². The quantitative estimate of drug-likeness (QED) is 0.587. The zero-order chi connectivity index (χ0) is 24.9. The Kier molecular flexibility index (Phi) is 7.72. The lowest BCUT2D eigenvalue weighted by Crippen LogP contribution is -2.39. The molecule has 4 rings (SSSR count). The molecule has 3 heterocycles. The number of carboxylic acids is 1. The van der Waals surface area contributed by atoms with Crippen molar-refractivity contribution in [2.45, 2.75) is 38.5 Å². The Bertz CT molecular complexity index is 1120. The number of aryl methyl sites for hydroxylation is 1. The fraction of sp³-hybridized carbons (Fsp3) is 0.364. The summed E-state index contributed by atoms with van der Waals surface area (Å²) in [5.74, 6) is -1.000. The summed E-state index contributed by atoms with van der Waals surface area (Å²) >= 11 is 0. The van der Waals surface area contributed by atoms with Crippen molar-refractivity contribution in [3.63, 3.8) is 0 Å². The average molecular weight is 479 g/mol. The molecule has 0 spiro atoms. The van der Waals surface area contributed by atoms with Crippen molar-refractivity contribution < 1.29 is 32.3 Å². The van der Waals surface area contributed by atoms with E-state index in [0.717, 1.165) is 35.6 Å². The predicted octanol–water partition coefficient (Wildman–Crippen LogP) is 3.42. The summed E-state index contributed by atoms with van der Waals surface area (Å²) in [4.78, 5) is 23.6. The van der Waals surface area contributed by atoms with E-state index in [1.165, 1.54) is 0 Å². The number of alkyl halides is 3. The summed E-state index contributed by atoms with van der Waals surface area (Å²) in [7, 11) is 0. The molecule has 1 saturated heterocycles. The van der Waals surface area contributed by atoms with Crippen molar-refractivity contribution in [3.8, 4) is 11.3 Å². The number of carboxylic acid groups (broad SMARTS) is 1. The average Bonchev–Trinajstić information content (AvgIpc) is 3.48. The highest BCUT2D eigenvalue weighted by atomic mass is 19.4. The van der Waals surface area contributed by atoms with Crippen molar-refractivity contribution in [2.75, 3.05) is 13.1 Å². The fourth-order valence-electron chi connectivity index (χ4n) is 3.47. The molecular weight excluding hydrogens is 455 g/mol. The second-order valence-corrected chi connectivity index (χ2v) is 7.71. The number of likely N-dealkylation sites (tertiary alicyclic amines) is 1. The summed E-state index contributed by atoms with van der Waals surface area (Å²) in [5.41, 5.74) is 8.06. The van der Waals surface area contributed by atoms with Gasteiger partial charge in [0.25, 0.3) is 5.91 Å². The minimum Gasteiger partial charge on any atom is -0.475 e. The Morgan fingerprint density at radius 1 is 1.15 bits per heavy atom. The van der Waals surface area contributed by atoms with Crippen LogP contribution < -0.4 is 5.73 Å². The molecule has 1 aliphatic heterocycles. The van der Waals surface area contributed by atoms with E-state index >= 15 is 0 Å². The predicted molar refractivity (Wildman–Crippen MR) is 115 cm³/mol. The van der Waals surface area contributed by atoms with E-state index in [2.05, 4.69) is 10.3 Å². The molecule has 0 saturated carbocycles. The lowest BCUT2D eigenvalue weighted by molar-refractivity contribution is -0.192. The van der Waals surface area contributed by atoms with Gasteiger partial charge in [0.15, 0.2) is 0 Å². The highest BCUT2D eigenvalue weighted by Gasteiger charge is 2.38. The van der Waals surface area contributed by atoms with Crippen LogP contribution in [-0.2, 0) is 11.3 Å². The van der Waals surface area contributed by atoms with Crippen LogP contribution in [0.4, 0.5) is 13.2 Å². The van der Waals surface area contributed by atoms with Gasteiger partial charge in [0.05, 0.1) is 17.9 Å². The molecule has 0 bridgehead atoms. The lowest BCUT2D eigenvalue weighted by Gasteiger charge is -2.32. The maximum atomic E-state index is 12.8. The third-order valence-corrected chi connectivity index (χ3v) is 5.29. The van der Waals surface area contributed by atoms with Gasteiger partial charge in [-0.1, -0.05) is 17.3 Å².